The summed E-state index contributed by atoms with van der Waals surface area (Å²) in [4.78, 5) is 0. The van der Waals surface area contributed by atoms with E-state index in [1.165, 1.54) is 0 Å². The number of aliphatic hydroxyl groups excluding tert-OH is 1. The van der Waals surface area contributed by atoms with Gasteiger partial charge in [-0.15, -0.1) is 0 Å². The molecule has 1 aromatic carbocycles. The van der Waals surface area contributed by atoms with Crippen LogP contribution in [0, 0.1) is 6.92 Å². The van der Waals surface area contributed by atoms with Crippen molar-refractivity contribution in [2.24, 2.45) is 5.73 Å². The van der Waals surface area contributed by atoms with Crippen molar-refractivity contribution in [2.45, 2.75) is 26.1 Å². The third-order valence-corrected chi connectivity index (χ3v) is 2.72. The summed E-state index contributed by atoms with van der Waals surface area (Å²) < 4.78 is 1.75. The zero-order chi connectivity index (χ0) is 12.3. The lowest BCUT2D eigenvalue weighted by atomic mass is 10.1. The van der Waals surface area contributed by atoms with Crippen LogP contribution in [0.2, 0.25) is 0 Å². The Morgan fingerprint density at radius 2 is 2.06 bits per heavy atom. The molecule has 0 radical (unpaired) electrons. The number of rotatable bonds is 4. The van der Waals surface area contributed by atoms with Gasteiger partial charge in [-0.05, 0) is 23.6 Å². The molecule has 90 valence electrons. The van der Waals surface area contributed by atoms with Crippen LogP contribution in [0.1, 0.15) is 22.8 Å². The summed E-state index contributed by atoms with van der Waals surface area (Å²) in [6, 6.07) is 7.69. The highest BCUT2D eigenvalue weighted by Gasteiger charge is 2.08. The Hall–Kier alpha value is -1.65. The van der Waals surface area contributed by atoms with Gasteiger partial charge >= 0.3 is 0 Å². The monoisotopic (exact) mass is 231 g/mol. The van der Waals surface area contributed by atoms with Gasteiger partial charge in [-0.1, -0.05) is 24.3 Å². The van der Waals surface area contributed by atoms with E-state index in [4.69, 9.17) is 5.73 Å². The second-order valence-corrected chi connectivity index (χ2v) is 4.20. The molecule has 0 aliphatic carbocycles. The van der Waals surface area contributed by atoms with Crippen LogP contribution in [0.4, 0.5) is 0 Å². The molecule has 1 unspecified atom stereocenters. The number of aromatic nitrogens is 2. The van der Waals surface area contributed by atoms with Gasteiger partial charge in [0.25, 0.3) is 0 Å². The topological polar surface area (TPSA) is 64.1 Å². The molecule has 1 aromatic heterocycles. The molecule has 0 aliphatic rings. The maximum absolute atomic E-state index is 10.1. The van der Waals surface area contributed by atoms with Gasteiger partial charge in [-0.2, -0.15) is 5.10 Å². The summed E-state index contributed by atoms with van der Waals surface area (Å²) in [5, 5.41) is 14.2. The Balaban J connectivity index is 2.06. The summed E-state index contributed by atoms with van der Waals surface area (Å²) in [7, 11) is 0. The van der Waals surface area contributed by atoms with Crippen LogP contribution in [0.25, 0.3) is 0 Å². The van der Waals surface area contributed by atoms with Crippen molar-refractivity contribution in [1.29, 1.82) is 0 Å². The molecule has 0 bridgehead atoms. The lowest BCUT2D eigenvalue weighted by Crippen LogP contribution is -2.09. The molecule has 2 aromatic rings. The number of aryl methyl sites for hydroxylation is 1. The van der Waals surface area contributed by atoms with E-state index < -0.39 is 6.10 Å². The maximum atomic E-state index is 10.1. The number of hydrogen-bond acceptors (Lipinski definition) is 3. The largest absolute Gasteiger partial charge is 0.386 e. The molecule has 0 amide bonds. The SMILES string of the molecule is Cc1cnn(CC(O)c2ccc(CN)cc2)c1. The Labute approximate surface area is 101 Å². The highest BCUT2D eigenvalue weighted by molar-refractivity contribution is 5.24. The molecule has 0 saturated heterocycles. The average molecular weight is 231 g/mol. The minimum absolute atomic E-state index is 0.468. The Morgan fingerprint density at radius 1 is 1.35 bits per heavy atom. The van der Waals surface area contributed by atoms with Gasteiger partial charge in [0.15, 0.2) is 0 Å². The van der Waals surface area contributed by atoms with Crippen LogP contribution in [-0.4, -0.2) is 14.9 Å². The first-order valence-corrected chi connectivity index (χ1v) is 5.65. The summed E-state index contributed by atoms with van der Waals surface area (Å²) in [5.41, 5.74) is 8.57. The van der Waals surface area contributed by atoms with E-state index in [9.17, 15) is 5.11 Å². The van der Waals surface area contributed by atoms with Crippen molar-refractivity contribution < 1.29 is 5.11 Å². The Morgan fingerprint density at radius 3 is 2.59 bits per heavy atom. The first kappa shape index (κ1) is 11.8. The molecule has 0 saturated carbocycles. The lowest BCUT2D eigenvalue weighted by molar-refractivity contribution is 0.151. The van der Waals surface area contributed by atoms with Gasteiger partial charge in [0.2, 0.25) is 0 Å². The van der Waals surface area contributed by atoms with Gasteiger partial charge in [-0.25, -0.2) is 0 Å². The molecule has 0 aliphatic heterocycles. The summed E-state index contributed by atoms with van der Waals surface area (Å²) in [6.07, 6.45) is 3.16. The van der Waals surface area contributed by atoms with E-state index in [0.717, 1.165) is 16.7 Å². The fourth-order valence-corrected chi connectivity index (χ4v) is 1.73. The van der Waals surface area contributed by atoms with E-state index in [0.29, 0.717) is 13.1 Å². The molecule has 1 heterocycles. The molecule has 3 N–H and O–H groups in total. The van der Waals surface area contributed by atoms with Crippen LogP contribution < -0.4 is 5.73 Å². The standard InChI is InChI=1S/C13H17N3O/c1-10-7-15-16(8-10)9-13(17)12-4-2-11(6-14)3-5-12/h2-5,7-8,13,17H,6,9,14H2,1H3. The van der Waals surface area contributed by atoms with Crippen molar-refractivity contribution in [1.82, 2.24) is 9.78 Å². The van der Waals surface area contributed by atoms with Crippen LogP contribution in [0.15, 0.2) is 36.7 Å². The van der Waals surface area contributed by atoms with Gasteiger partial charge in [0.05, 0.1) is 18.8 Å². The third-order valence-electron chi connectivity index (χ3n) is 2.72. The van der Waals surface area contributed by atoms with Crippen LogP contribution >= 0.6 is 0 Å². The van der Waals surface area contributed by atoms with Gasteiger partial charge in [-0.3, -0.25) is 4.68 Å². The van der Waals surface area contributed by atoms with E-state index in [1.54, 1.807) is 10.9 Å². The predicted octanol–water partition coefficient (Wildman–Crippen LogP) is 1.38. The van der Waals surface area contributed by atoms with Gasteiger partial charge < -0.3 is 10.8 Å². The number of nitrogens with zero attached hydrogens (tertiary/aromatic N) is 2. The van der Waals surface area contributed by atoms with E-state index >= 15 is 0 Å². The van der Waals surface area contributed by atoms with Gasteiger partial charge in [0.1, 0.15) is 0 Å². The highest BCUT2D eigenvalue weighted by Crippen LogP contribution is 2.15. The number of nitrogens with two attached hydrogens (primary N) is 1. The van der Waals surface area contributed by atoms with E-state index in [1.807, 2.05) is 37.4 Å². The number of aliphatic hydroxyl groups is 1. The minimum Gasteiger partial charge on any atom is -0.386 e. The summed E-state index contributed by atoms with van der Waals surface area (Å²) in [6.45, 7) is 2.97. The fourth-order valence-electron chi connectivity index (χ4n) is 1.73. The van der Waals surface area contributed by atoms with Crippen molar-refractivity contribution in [3.8, 4) is 0 Å². The Kier molecular flexibility index (Phi) is 3.56. The minimum atomic E-state index is -0.541. The van der Waals surface area contributed by atoms with Crippen molar-refractivity contribution >= 4 is 0 Å². The molecule has 17 heavy (non-hydrogen) atoms. The zero-order valence-corrected chi connectivity index (χ0v) is 9.87. The summed E-state index contributed by atoms with van der Waals surface area (Å²) >= 11 is 0. The van der Waals surface area contributed by atoms with Crippen LogP contribution in [0.5, 0.6) is 0 Å². The first-order chi connectivity index (χ1) is 8.19. The number of hydrogen-bond donors (Lipinski definition) is 2. The summed E-state index contributed by atoms with van der Waals surface area (Å²) in [5.74, 6) is 0. The first-order valence-electron chi connectivity index (χ1n) is 5.65. The normalized spacial score (nSPS) is 12.6. The molecular formula is C13H17N3O. The molecule has 0 spiro atoms. The fraction of sp³-hybridized carbons (Fsp3) is 0.308. The lowest BCUT2D eigenvalue weighted by Gasteiger charge is -2.11. The Bertz CT molecular complexity index is 476. The molecule has 1 atom stereocenters. The van der Waals surface area contributed by atoms with Gasteiger partial charge in [0, 0.05) is 12.7 Å². The third kappa shape index (κ3) is 2.93. The smallest absolute Gasteiger partial charge is 0.0985 e. The molecule has 2 rings (SSSR count). The maximum Gasteiger partial charge on any atom is 0.0985 e. The second-order valence-electron chi connectivity index (χ2n) is 4.20. The van der Waals surface area contributed by atoms with E-state index in [2.05, 4.69) is 5.10 Å². The second kappa shape index (κ2) is 5.12. The van der Waals surface area contributed by atoms with Crippen molar-refractivity contribution in [3.05, 3.63) is 53.3 Å². The molecule has 4 heteroatoms. The van der Waals surface area contributed by atoms with Crippen LogP contribution in [-0.2, 0) is 13.1 Å². The van der Waals surface area contributed by atoms with E-state index in [-0.39, 0.29) is 0 Å². The van der Waals surface area contributed by atoms with Crippen molar-refractivity contribution in [3.63, 3.8) is 0 Å². The molecule has 0 fully saturated rings. The quantitative estimate of drug-likeness (QED) is 0.835. The van der Waals surface area contributed by atoms with Crippen LogP contribution in [0.3, 0.4) is 0 Å². The highest BCUT2D eigenvalue weighted by atomic mass is 16.3. The van der Waals surface area contributed by atoms with Crippen molar-refractivity contribution in [2.75, 3.05) is 0 Å². The average Bonchev–Trinajstić information content (AvgIpc) is 2.75. The number of benzene rings is 1. The molecular weight excluding hydrogens is 214 g/mol. The zero-order valence-electron chi connectivity index (χ0n) is 9.87. The predicted molar refractivity (Wildman–Crippen MR) is 66.3 cm³/mol. The molecule has 4 nitrogen and oxygen atoms in total.